The number of nitrogens with zero attached hydrogens (tertiary/aromatic N) is 4. The fourth-order valence-electron chi connectivity index (χ4n) is 2.26. The summed E-state index contributed by atoms with van der Waals surface area (Å²) in [5, 5.41) is 17.0. The van der Waals surface area contributed by atoms with Crippen LogP contribution in [0.5, 0.6) is 0 Å². The molecule has 0 aromatic carbocycles. The van der Waals surface area contributed by atoms with Gasteiger partial charge in [-0.3, -0.25) is 9.67 Å². The summed E-state index contributed by atoms with van der Waals surface area (Å²) in [6, 6.07) is 0. The van der Waals surface area contributed by atoms with Gasteiger partial charge in [0.2, 0.25) is 0 Å². The molecule has 1 aromatic rings. The van der Waals surface area contributed by atoms with E-state index in [0.717, 1.165) is 24.7 Å². The number of aliphatic hydroxyl groups is 1. The molecule has 1 aromatic heterocycles. The Hall–Kier alpha value is -1.56. The molecule has 0 saturated heterocycles. The van der Waals surface area contributed by atoms with Gasteiger partial charge in [-0.25, -0.2) is 0 Å². The lowest BCUT2D eigenvalue weighted by molar-refractivity contribution is 0.241. The third-order valence-corrected chi connectivity index (χ3v) is 3.45. The second-order valence-electron chi connectivity index (χ2n) is 6.21. The zero-order chi connectivity index (χ0) is 16.7. The van der Waals surface area contributed by atoms with Gasteiger partial charge in [0, 0.05) is 52.1 Å². The molecule has 0 radical (unpaired) electrons. The summed E-state index contributed by atoms with van der Waals surface area (Å²) in [7, 11) is 3.99. The smallest absolute Gasteiger partial charge is 0.193 e. The third-order valence-electron chi connectivity index (χ3n) is 3.45. The van der Waals surface area contributed by atoms with Gasteiger partial charge in [0.15, 0.2) is 5.96 Å². The molecule has 1 rings (SSSR count). The fraction of sp³-hybridized carbons (Fsp3) is 0.750. The maximum atomic E-state index is 9.14. The van der Waals surface area contributed by atoms with Crippen molar-refractivity contribution in [3.05, 3.63) is 17.5 Å². The Kier molecular flexibility index (Phi) is 7.38. The van der Waals surface area contributed by atoms with E-state index in [2.05, 4.69) is 47.3 Å². The predicted octanol–water partition coefficient (Wildman–Crippen LogP) is 1.57. The van der Waals surface area contributed by atoms with Crippen molar-refractivity contribution >= 4 is 5.96 Å². The van der Waals surface area contributed by atoms with E-state index in [0.29, 0.717) is 12.5 Å². The monoisotopic (exact) mass is 309 g/mol. The second-order valence-corrected chi connectivity index (χ2v) is 6.21. The Morgan fingerprint density at radius 2 is 2.14 bits per heavy atom. The Bertz CT molecular complexity index is 481. The zero-order valence-corrected chi connectivity index (χ0v) is 14.8. The van der Waals surface area contributed by atoms with Crippen molar-refractivity contribution in [2.24, 2.45) is 18.0 Å². The molecule has 1 unspecified atom stereocenters. The Balaban J connectivity index is 2.84. The lowest BCUT2D eigenvalue weighted by Crippen LogP contribution is -2.39. The predicted molar refractivity (Wildman–Crippen MR) is 91.0 cm³/mol. The molecule has 0 bridgehead atoms. The molecule has 0 saturated carbocycles. The van der Waals surface area contributed by atoms with Crippen LogP contribution in [0.1, 0.15) is 44.9 Å². The van der Waals surface area contributed by atoms with Crippen LogP contribution in [0.3, 0.4) is 0 Å². The van der Waals surface area contributed by atoms with Crippen LogP contribution in [0, 0.1) is 5.92 Å². The topological polar surface area (TPSA) is 65.7 Å². The molecule has 6 nitrogen and oxygen atoms in total. The first kappa shape index (κ1) is 18.5. The molecule has 126 valence electrons. The van der Waals surface area contributed by atoms with Crippen molar-refractivity contribution in [1.82, 2.24) is 20.0 Å². The number of aliphatic hydroxyl groups excluding tert-OH is 1. The first-order chi connectivity index (χ1) is 10.4. The van der Waals surface area contributed by atoms with Crippen LogP contribution in [0.4, 0.5) is 0 Å². The fourth-order valence-corrected chi connectivity index (χ4v) is 2.26. The van der Waals surface area contributed by atoms with E-state index in [4.69, 9.17) is 5.11 Å². The highest BCUT2D eigenvalue weighted by molar-refractivity contribution is 5.79. The van der Waals surface area contributed by atoms with Gasteiger partial charge in [0.25, 0.3) is 0 Å². The van der Waals surface area contributed by atoms with Crippen LogP contribution in [0.2, 0.25) is 0 Å². The molecule has 22 heavy (non-hydrogen) atoms. The number of aryl methyl sites for hydroxylation is 1. The molecule has 0 fully saturated rings. The van der Waals surface area contributed by atoms with Crippen molar-refractivity contribution < 1.29 is 5.11 Å². The van der Waals surface area contributed by atoms with Crippen LogP contribution >= 0.6 is 0 Å². The molecule has 6 heteroatoms. The van der Waals surface area contributed by atoms with E-state index < -0.39 is 0 Å². The van der Waals surface area contributed by atoms with Gasteiger partial charge in [0.1, 0.15) is 0 Å². The number of hydrogen-bond acceptors (Lipinski definition) is 3. The number of guanidine groups is 1. The molecule has 0 amide bonds. The zero-order valence-electron chi connectivity index (χ0n) is 14.8. The van der Waals surface area contributed by atoms with E-state index in [1.165, 1.54) is 5.56 Å². The van der Waals surface area contributed by atoms with Gasteiger partial charge in [-0.05, 0) is 18.8 Å². The molecular weight excluding hydrogens is 278 g/mol. The number of hydrogen-bond donors (Lipinski definition) is 2. The van der Waals surface area contributed by atoms with Crippen molar-refractivity contribution in [2.75, 3.05) is 26.7 Å². The van der Waals surface area contributed by atoms with Crippen LogP contribution in [0.25, 0.3) is 0 Å². The summed E-state index contributed by atoms with van der Waals surface area (Å²) in [6.07, 6.45) is 2.08. The van der Waals surface area contributed by atoms with Crippen molar-refractivity contribution in [2.45, 2.75) is 40.2 Å². The minimum atomic E-state index is 0.159. The summed E-state index contributed by atoms with van der Waals surface area (Å²) in [5.41, 5.74) is 2.36. The quantitative estimate of drug-likeness (QED) is 0.593. The normalized spacial score (nSPS) is 13.5. The molecule has 1 atom stereocenters. The highest BCUT2D eigenvalue weighted by Crippen LogP contribution is 2.18. The van der Waals surface area contributed by atoms with Crippen molar-refractivity contribution in [1.29, 1.82) is 0 Å². The third kappa shape index (κ3) is 5.33. The van der Waals surface area contributed by atoms with Crippen molar-refractivity contribution in [3.8, 4) is 0 Å². The van der Waals surface area contributed by atoms with Crippen molar-refractivity contribution in [3.63, 3.8) is 0 Å². The SMILES string of the molecule is CCNC(=NCC(C)CO)N(C)Cc1cn(C)nc1C(C)C. The first-order valence-corrected chi connectivity index (χ1v) is 8.01. The number of aromatic nitrogens is 2. The van der Waals surface area contributed by atoms with E-state index in [9.17, 15) is 0 Å². The number of nitrogens with one attached hydrogen (secondary N) is 1. The minimum absolute atomic E-state index is 0.159. The number of rotatable bonds is 7. The molecule has 0 aliphatic carbocycles. The largest absolute Gasteiger partial charge is 0.396 e. The highest BCUT2D eigenvalue weighted by Gasteiger charge is 2.15. The number of aliphatic imine (C=N–C) groups is 1. The molecule has 2 N–H and O–H groups in total. The highest BCUT2D eigenvalue weighted by atomic mass is 16.3. The Labute approximate surface area is 134 Å². The van der Waals surface area contributed by atoms with Gasteiger partial charge in [0.05, 0.1) is 5.69 Å². The lowest BCUT2D eigenvalue weighted by Gasteiger charge is -2.22. The summed E-state index contributed by atoms with van der Waals surface area (Å²) in [4.78, 5) is 6.71. The molecule has 1 heterocycles. The van der Waals surface area contributed by atoms with Crippen LogP contribution < -0.4 is 5.32 Å². The molecule has 0 spiro atoms. The standard InChI is InChI=1S/C16H31N5O/c1-7-17-16(18-8-13(4)11-22)20(5)9-14-10-21(6)19-15(14)12(2)3/h10,12-13,22H,7-9,11H2,1-6H3,(H,17,18). The van der Waals surface area contributed by atoms with Gasteiger partial charge in [-0.2, -0.15) is 5.10 Å². The van der Waals surface area contributed by atoms with E-state index in [1.807, 2.05) is 25.7 Å². The first-order valence-electron chi connectivity index (χ1n) is 8.01. The lowest BCUT2D eigenvalue weighted by atomic mass is 10.1. The van der Waals surface area contributed by atoms with Crippen LogP contribution in [0.15, 0.2) is 11.2 Å². The van der Waals surface area contributed by atoms with E-state index in [-0.39, 0.29) is 12.5 Å². The maximum Gasteiger partial charge on any atom is 0.193 e. The average Bonchev–Trinajstić information content (AvgIpc) is 2.83. The molecule has 0 aliphatic heterocycles. The molecular formula is C16H31N5O. The van der Waals surface area contributed by atoms with Gasteiger partial charge >= 0.3 is 0 Å². The summed E-state index contributed by atoms with van der Waals surface area (Å²) >= 11 is 0. The maximum absolute atomic E-state index is 9.14. The average molecular weight is 309 g/mol. The van der Waals surface area contributed by atoms with E-state index in [1.54, 1.807) is 0 Å². The summed E-state index contributed by atoms with van der Waals surface area (Å²) in [5.74, 6) is 1.44. The summed E-state index contributed by atoms with van der Waals surface area (Å²) in [6.45, 7) is 10.7. The van der Waals surface area contributed by atoms with E-state index >= 15 is 0 Å². The summed E-state index contributed by atoms with van der Waals surface area (Å²) < 4.78 is 1.87. The minimum Gasteiger partial charge on any atom is -0.396 e. The van der Waals surface area contributed by atoms with Gasteiger partial charge in [-0.15, -0.1) is 0 Å². The molecule has 0 aliphatic rings. The second kappa shape index (κ2) is 8.78. The Morgan fingerprint density at radius 3 is 2.68 bits per heavy atom. The Morgan fingerprint density at radius 1 is 1.45 bits per heavy atom. The van der Waals surface area contributed by atoms with Crippen LogP contribution in [-0.4, -0.2) is 52.5 Å². The van der Waals surface area contributed by atoms with Gasteiger partial charge in [-0.1, -0.05) is 20.8 Å². The van der Waals surface area contributed by atoms with Gasteiger partial charge < -0.3 is 15.3 Å². The van der Waals surface area contributed by atoms with Crippen LogP contribution in [-0.2, 0) is 13.6 Å².